The van der Waals surface area contributed by atoms with E-state index in [9.17, 15) is 4.79 Å². The molecule has 1 aromatic rings. The summed E-state index contributed by atoms with van der Waals surface area (Å²) in [6.45, 7) is 4.67. The highest BCUT2D eigenvalue weighted by molar-refractivity contribution is 5.31. The summed E-state index contributed by atoms with van der Waals surface area (Å²) in [6.07, 6.45) is 1.54. The van der Waals surface area contributed by atoms with Crippen LogP contribution in [0.2, 0.25) is 0 Å². The predicted molar refractivity (Wildman–Crippen MR) is 47.7 cm³/mol. The Labute approximate surface area is 71.0 Å². The molecule has 66 valence electrons. The lowest BCUT2D eigenvalue weighted by Crippen LogP contribution is -2.26. The van der Waals surface area contributed by atoms with Crippen LogP contribution < -0.4 is 11.3 Å². The second kappa shape index (κ2) is 3.38. The minimum absolute atomic E-state index is 0.203. The summed E-state index contributed by atoms with van der Waals surface area (Å²) in [6, 6.07) is 1.51. The van der Waals surface area contributed by atoms with Crippen molar-refractivity contribution < 1.29 is 0 Å². The van der Waals surface area contributed by atoms with E-state index in [-0.39, 0.29) is 11.2 Å². The van der Waals surface area contributed by atoms with Crippen molar-refractivity contribution in [1.29, 1.82) is 0 Å². The van der Waals surface area contributed by atoms with Gasteiger partial charge in [-0.1, -0.05) is 13.8 Å². The van der Waals surface area contributed by atoms with Crippen molar-refractivity contribution in [3.8, 4) is 0 Å². The Hall–Kier alpha value is -1.32. The zero-order valence-corrected chi connectivity index (χ0v) is 7.32. The molecular weight excluding hydrogens is 154 g/mol. The molecule has 0 aromatic carbocycles. The molecule has 1 rings (SSSR count). The molecule has 0 bridgehead atoms. The van der Waals surface area contributed by atoms with Crippen molar-refractivity contribution in [1.82, 2.24) is 9.78 Å². The molecule has 4 heteroatoms. The van der Waals surface area contributed by atoms with E-state index in [1.54, 1.807) is 6.20 Å². The van der Waals surface area contributed by atoms with Gasteiger partial charge in [-0.3, -0.25) is 4.79 Å². The third-order valence-electron chi connectivity index (χ3n) is 1.48. The van der Waals surface area contributed by atoms with Crippen molar-refractivity contribution in [3.63, 3.8) is 0 Å². The number of hydrogen-bond acceptors (Lipinski definition) is 3. The van der Waals surface area contributed by atoms with Gasteiger partial charge in [-0.05, 0) is 12.0 Å². The fourth-order valence-corrected chi connectivity index (χ4v) is 0.943. The number of nitrogens with two attached hydrogens (primary N) is 1. The van der Waals surface area contributed by atoms with Crippen LogP contribution >= 0.6 is 0 Å². The summed E-state index contributed by atoms with van der Waals surface area (Å²) < 4.78 is 1.39. The SMILES string of the molecule is CC(C)Cn1nccc(N)c1=O. The topological polar surface area (TPSA) is 60.9 Å². The molecule has 0 unspecified atom stereocenters. The Balaban J connectivity index is 3.01. The molecule has 1 heterocycles. The summed E-state index contributed by atoms with van der Waals surface area (Å²) in [5.74, 6) is 0.400. The normalized spacial score (nSPS) is 10.6. The van der Waals surface area contributed by atoms with Gasteiger partial charge >= 0.3 is 0 Å². The van der Waals surface area contributed by atoms with Gasteiger partial charge < -0.3 is 5.73 Å². The first-order valence-electron chi connectivity index (χ1n) is 3.93. The minimum Gasteiger partial charge on any atom is -0.394 e. The van der Waals surface area contributed by atoms with E-state index in [2.05, 4.69) is 5.10 Å². The van der Waals surface area contributed by atoms with Crippen LogP contribution in [0.5, 0.6) is 0 Å². The van der Waals surface area contributed by atoms with Gasteiger partial charge in [-0.15, -0.1) is 0 Å². The first-order chi connectivity index (χ1) is 5.61. The van der Waals surface area contributed by atoms with Crippen LogP contribution in [-0.4, -0.2) is 9.78 Å². The van der Waals surface area contributed by atoms with Crippen LogP contribution in [0.15, 0.2) is 17.1 Å². The highest BCUT2D eigenvalue weighted by Crippen LogP contribution is 1.95. The molecule has 0 fully saturated rings. The van der Waals surface area contributed by atoms with Crippen molar-refractivity contribution in [3.05, 3.63) is 22.6 Å². The number of nitrogens with zero attached hydrogens (tertiary/aromatic N) is 2. The monoisotopic (exact) mass is 167 g/mol. The number of anilines is 1. The number of hydrogen-bond donors (Lipinski definition) is 1. The molecule has 4 nitrogen and oxygen atoms in total. The summed E-state index contributed by atoms with van der Waals surface area (Å²) in [7, 11) is 0. The smallest absolute Gasteiger partial charge is 0.289 e. The summed E-state index contributed by atoms with van der Waals surface area (Å²) in [5.41, 5.74) is 5.48. The van der Waals surface area contributed by atoms with Crippen LogP contribution in [0.25, 0.3) is 0 Å². The van der Waals surface area contributed by atoms with E-state index in [0.29, 0.717) is 12.5 Å². The molecule has 0 saturated heterocycles. The van der Waals surface area contributed by atoms with Gasteiger partial charge in [0, 0.05) is 12.7 Å². The largest absolute Gasteiger partial charge is 0.394 e. The number of nitrogen functional groups attached to an aromatic ring is 1. The van der Waals surface area contributed by atoms with Crippen molar-refractivity contribution in [2.75, 3.05) is 5.73 Å². The quantitative estimate of drug-likeness (QED) is 0.697. The van der Waals surface area contributed by atoms with Crippen LogP contribution in [0.4, 0.5) is 5.69 Å². The molecule has 0 saturated carbocycles. The minimum atomic E-state index is -0.203. The average molecular weight is 167 g/mol. The van der Waals surface area contributed by atoms with Gasteiger partial charge in [0.05, 0.1) is 0 Å². The number of aromatic nitrogens is 2. The standard InChI is InChI=1S/C8H13N3O/c1-6(2)5-11-8(12)7(9)3-4-10-11/h3-4,6H,5,9H2,1-2H3. The average Bonchev–Trinajstić information content (AvgIpc) is 1.98. The van der Waals surface area contributed by atoms with Gasteiger partial charge in [0.15, 0.2) is 0 Å². The Kier molecular flexibility index (Phi) is 2.47. The first kappa shape index (κ1) is 8.77. The fourth-order valence-electron chi connectivity index (χ4n) is 0.943. The van der Waals surface area contributed by atoms with E-state index in [4.69, 9.17) is 5.73 Å². The fraction of sp³-hybridized carbons (Fsp3) is 0.500. The predicted octanol–water partition coefficient (Wildman–Crippen LogP) is 0.482. The van der Waals surface area contributed by atoms with Gasteiger partial charge in [-0.25, -0.2) is 4.68 Å². The van der Waals surface area contributed by atoms with E-state index >= 15 is 0 Å². The lowest BCUT2D eigenvalue weighted by molar-refractivity contribution is 0.465. The highest BCUT2D eigenvalue weighted by Gasteiger charge is 2.01. The molecule has 0 aliphatic rings. The zero-order chi connectivity index (χ0) is 9.14. The molecular formula is C8H13N3O. The maximum absolute atomic E-state index is 11.3. The molecule has 0 amide bonds. The molecule has 0 atom stereocenters. The molecule has 1 aromatic heterocycles. The second-order valence-corrected chi connectivity index (χ2v) is 3.17. The Morgan fingerprint density at radius 1 is 1.67 bits per heavy atom. The van der Waals surface area contributed by atoms with Crippen LogP contribution in [-0.2, 0) is 6.54 Å². The molecule has 0 aliphatic heterocycles. The third-order valence-corrected chi connectivity index (χ3v) is 1.48. The Bertz CT molecular complexity index is 316. The Morgan fingerprint density at radius 3 is 2.92 bits per heavy atom. The maximum Gasteiger partial charge on any atom is 0.289 e. The van der Waals surface area contributed by atoms with Gasteiger partial charge in [-0.2, -0.15) is 5.10 Å². The van der Waals surface area contributed by atoms with Crippen LogP contribution in [0, 0.1) is 5.92 Å². The van der Waals surface area contributed by atoms with Gasteiger partial charge in [0.2, 0.25) is 0 Å². The van der Waals surface area contributed by atoms with Gasteiger partial charge in [0.1, 0.15) is 5.69 Å². The molecule has 12 heavy (non-hydrogen) atoms. The van der Waals surface area contributed by atoms with Crippen molar-refractivity contribution >= 4 is 5.69 Å². The van der Waals surface area contributed by atoms with E-state index < -0.39 is 0 Å². The molecule has 0 radical (unpaired) electrons. The highest BCUT2D eigenvalue weighted by atomic mass is 16.1. The van der Waals surface area contributed by atoms with Gasteiger partial charge in [0.25, 0.3) is 5.56 Å². The van der Waals surface area contributed by atoms with E-state index in [0.717, 1.165) is 0 Å². The van der Waals surface area contributed by atoms with E-state index in [1.165, 1.54) is 10.7 Å². The maximum atomic E-state index is 11.3. The van der Waals surface area contributed by atoms with E-state index in [1.807, 2.05) is 13.8 Å². The van der Waals surface area contributed by atoms with Crippen LogP contribution in [0.1, 0.15) is 13.8 Å². The van der Waals surface area contributed by atoms with Crippen molar-refractivity contribution in [2.45, 2.75) is 20.4 Å². The lowest BCUT2D eigenvalue weighted by atomic mass is 10.2. The molecule has 2 N–H and O–H groups in total. The number of rotatable bonds is 2. The summed E-state index contributed by atoms with van der Waals surface area (Å²) in [4.78, 5) is 11.3. The van der Waals surface area contributed by atoms with Crippen LogP contribution in [0.3, 0.4) is 0 Å². The summed E-state index contributed by atoms with van der Waals surface area (Å²) in [5, 5.41) is 3.90. The Morgan fingerprint density at radius 2 is 2.33 bits per heavy atom. The molecule has 0 aliphatic carbocycles. The molecule has 0 spiro atoms. The first-order valence-corrected chi connectivity index (χ1v) is 3.93. The third kappa shape index (κ3) is 1.84. The lowest BCUT2D eigenvalue weighted by Gasteiger charge is -2.06. The summed E-state index contributed by atoms with van der Waals surface area (Å²) >= 11 is 0. The van der Waals surface area contributed by atoms with Crippen molar-refractivity contribution in [2.24, 2.45) is 5.92 Å². The zero-order valence-electron chi connectivity index (χ0n) is 7.32. The second-order valence-electron chi connectivity index (χ2n) is 3.17.